The van der Waals surface area contributed by atoms with Crippen molar-refractivity contribution in [1.82, 2.24) is 9.55 Å². The van der Waals surface area contributed by atoms with Crippen molar-refractivity contribution in [2.24, 2.45) is 0 Å². The number of anilines is 2. The van der Waals surface area contributed by atoms with E-state index >= 15 is 0 Å². The molecule has 0 spiro atoms. The van der Waals surface area contributed by atoms with Crippen molar-refractivity contribution in [3.05, 3.63) is 39.5 Å². The molecule has 2 rings (SSSR count). The van der Waals surface area contributed by atoms with Crippen LogP contribution in [0.2, 0.25) is 0 Å². The van der Waals surface area contributed by atoms with Crippen molar-refractivity contribution >= 4 is 34.2 Å². The van der Waals surface area contributed by atoms with Gasteiger partial charge in [-0.15, -0.1) is 0 Å². The molecule has 0 bridgehead atoms. The average molecular weight is 403 g/mol. The first-order valence-corrected chi connectivity index (χ1v) is 8.01. The fraction of sp³-hybridized carbons (Fsp3) is 0.400. The van der Waals surface area contributed by atoms with Crippen LogP contribution in [-0.2, 0) is 11.3 Å². The summed E-state index contributed by atoms with van der Waals surface area (Å²) >= 11 is 2.11. The van der Waals surface area contributed by atoms with Crippen LogP contribution >= 0.6 is 22.6 Å². The van der Waals surface area contributed by atoms with Gasteiger partial charge >= 0.3 is 0 Å². The number of imidazole rings is 1. The largest absolute Gasteiger partial charge is 0.382 e. The molecule has 0 aliphatic rings. The molecule has 0 saturated heterocycles. The van der Waals surface area contributed by atoms with Gasteiger partial charge in [0.1, 0.15) is 5.82 Å². The molecular weight excluding hydrogens is 384 g/mol. The van der Waals surface area contributed by atoms with Gasteiger partial charge in [0.05, 0.1) is 11.4 Å². The standard InChI is InChI=1S/C15H19FIN3O/c1-3-21-8-4-7-20-10-11(2)18-15(20)19-14-6-5-12(16)9-13(14)17/h5-6,9-10H,3-4,7-8H2,1-2H3,(H,18,19). The van der Waals surface area contributed by atoms with Gasteiger partial charge in [0.25, 0.3) is 0 Å². The fourth-order valence-corrected chi connectivity index (χ4v) is 2.62. The minimum absolute atomic E-state index is 0.235. The third-order valence-electron chi connectivity index (χ3n) is 2.97. The Kier molecular flexibility index (Phi) is 5.98. The van der Waals surface area contributed by atoms with E-state index in [1.807, 2.05) is 20.0 Å². The smallest absolute Gasteiger partial charge is 0.207 e. The van der Waals surface area contributed by atoms with Crippen molar-refractivity contribution in [3.63, 3.8) is 0 Å². The molecule has 0 fully saturated rings. The van der Waals surface area contributed by atoms with Gasteiger partial charge in [-0.2, -0.15) is 0 Å². The third-order valence-corrected chi connectivity index (χ3v) is 3.86. The SMILES string of the molecule is CCOCCCn1cc(C)nc1Nc1ccc(F)cc1I. The second-order valence-corrected chi connectivity index (χ2v) is 5.86. The van der Waals surface area contributed by atoms with E-state index in [1.165, 1.54) is 12.1 Å². The van der Waals surface area contributed by atoms with Gasteiger partial charge in [-0.1, -0.05) is 0 Å². The van der Waals surface area contributed by atoms with Crippen LogP contribution in [0.4, 0.5) is 16.0 Å². The Bertz CT molecular complexity index is 601. The van der Waals surface area contributed by atoms with Gasteiger partial charge in [0.15, 0.2) is 0 Å². The summed E-state index contributed by atoms with van der Waals surface area (Å²) in [5.41, 5.74) is 1.81. The summed E-state index contributed by atoms with van der Waals surface area (Å²) in [6, 6.07) is 4.67. The van der Waals surface area contributed by atoms with E-state index in [-0.39, 0.29) is 5.82 Å². The van der Waals surface area contributed by atoms with Crippen molar-refractivity contribution in [2.75, 3.05) is 18.5 Å². The molecule has 6 heteroatoms. The Morgan fingerprint density at radius 2 is 2.24 bits per heavy atom. The van der Waals surface area contributed by atoms with Crippen LogP contribution in [0.1, 0.15) is 19.0 Å². The quantitative estimate of drug-likeness (QED) is 0.559. The normalized spacial score (nSPS) is 10.9. The zero-order valence-electron chi connectivity index (χ0n) is 12.2. The highest BCUT2D eigenvalue weighted by atomic mass is 127. The highest BCUT2D eigenvalue weighted by Crippen LogP contribution is 2.23. The number of aromatic nitrogens is 2. The number of nitrogens with zero attached hydrogens (tertiary/aromatic N) is 2. The molecule has 0 atom stereocenters. The molecule has 2 aromatic rings. The number of hydrogen-bond donors (Lipinski definition) is 1. The number of benzene rings is 1. The number of nitrogens with one attached hydrogen (secondary N) is 1. The summed E-state index contributed by atoms with van der Waals surface area (Å²) in [7, 11) is 0. The zero-order valence-corrected chi connectivity index (χ0v) is 14.4. The van der Waals surface area contributed by atoms with Gasteiger partial charge < -0.3 is 14.6 Å². The molecule has 0 unspecified atom stereocenters. The molecule has 1 aromatic carbocycles. The molecule has 1 aromatic heterocycles. The van der Waals surface area contributed by atoms with Crippen molar-refractivity contribution in [3.8, 4) is 0 Å². The summed E-state index contributed by atoms with van der Waals surface area (Å²) in [6.07, 6.45) is 2.93. The van der Waals surface area contributed by atoms with Crippen molar-refractivity contribution in [1.29, 1.82) is 0 Å². The van der Waals surface area contributed by atoms with Crippen LogP contribution in [0.25, 0.3) is 0 Å². The first kappa shape index (κ1) is 16.2. The average Bonchev–Trinajstić information content (AvgIpc) is 2.78. The summed E-state index contributed by atoms with van der Waals surface area (Å²) in [5, 5.41) is 3.27. The van der Waals surface area contributed by atoms with E-state index < -0.39 is 0 Å². The van der Waals surface area contributed by atoms with E-state index in [0.29, 0.717) is 0 Å². The maximum atomic E-state index is 13.1. The van der Waals surface area contributed by atoms with E-state index in [1.54, 1.807) is 6.07 Å². The van der Waals surface area contributed by atoms with Crippen LogP contribution in [-0.4, -0.2) is 22.8 Å². The zero-order chi connectivity index (χ0) is 15.2. The summed E-state index contributed by atoms with van der Waals surface area (Å²) in [6.45, 7) is 6.26. The summed E-state index contributed by atoms with van der Waals surface area (Å²) < 4.78 is 21.4. The Balaban J connectivity index is 2.08. The molecule has 0 aliphatic carbocycles. The Hall–Kier alpha value is -1.15. The topological polar surface area (TPSA) is 39.1 Å². The summed E-state index contributed by atoms with van der Waals surface area (Å²) in [4.78, 5) is 4.48. The first-order chi connectivity index (χ1) is 10.1. The molecule has 0 radical (unpaired) electrons. The Morgan fingerprint density at radius 1 is 1.43 bits per heavy atom. The molecule has 0 aliphatic heterocycles. The fourth-order valence-electron chi connectivity index (χ4n) is 2.01. The minimum Gasteiger partial charge on any atom is -0.382 e. The second-order valence-electron chi connectivity index (χ2n) is 4.70. The van der Waals surface area contributed by atoms with Crippen LogP contribution in [0.3, 0.4) is 0 Å². The van der Waals surface area contributed by atoms with E-state index in [4.69, 9.17) is 4.74 Å². The summed E-state index contributed by atoms with van der Waals surface area (Å²) in [5.74, 6) is 0.537. The van der Waals surface area contributed by atoms with Crippen molar-refractivity contribution in [2.45, 2.75) is 26.8 Å². The molecule has 21 heavy (non-hydrogen) atoms. The predicted molar refractivity (Wildman–Crippen MR) is 90.5 cm³/mol. The second kappa shape index (κ2) is 7.74. The third kappa shape index (κ3) is 4.67. The maximum absolute atomic E-state index is 13.1. The molecule has 4 nitrogen and oxygen atoms in total. The van der Waals surface area contributed by atoms with E-state index in [9.17, 15) is 4.39 Å². The lowest BCUT2D eigenvalue weighted by Gasteiger charge is -2.11. The maximum Gasteiger partial charge on any atom is 0.207 e. The number of rotatable bonds is 7. The van der Waals surface area contributed by atoms with Crippen LogP contribution < -0.4 is 5.32 Å². The molecule has 1 N–H and O–H groups in total. The highest BCUT2D eigenvalue weighted by molar-refractivity contribution is 14.1. The van der Waals surface area contributed by atoms with Gasteiger partial charge in [-0.3, -0.25) is 0 Å². The number of halogens is 2. The molecule has 0 saturated carbocycles. The lowest BCUT2D eigenvalue weighted by Crippen LogP contribution is -2.06. The lowest BCUT2D eigenvalue weighted by atomic mass is 10.3. The van der Waals surface area contributed by atoms with Gasteiger partial charge in [0.2, 0.25) is 5.95 Å². The highest BCUT2D eigenvalue weighted by Gasteiger charge is 2.08. The Labute approximate surface area is 137 Å². The van der Waals surface area contributed by atoms with Gasteiger partial charge in [-0.05, 0) is 61.1 Å². The minimum atomic E-state index is -0.235. The van der Waals surface area contributed by atoms with Crippen LogP contribution in [0.5, 0.6) is 0 Å². The molecular formula is C15H19FIN3O. The molecule has 114 valence electrons. The number of ether oxygens (including phenoxy) is 1. The lowest BCUT2D eigenvalue weighted by molar-refractivity contribution is 0.142. The van der Waals surface area contributed by atoms with E-state index in [0.717, 1.165) is 47.1 Å². The first-order valence-electron chi connectivity index (χ1n) is 6.93. The van der Waals surface area contributed by atoms with Crippen LogP contribution in [0.15, 0.2) is 24.4 Å². The van der Waals surface area contributed by atoms with Crippen LogP contribution in [0, 0.1) is 16.3 Å². The Morgan fingerprint density at radius 3 is 2.95 bits per heavy atom. The van der Waals surface area contributed by atoms with Gasteiger partial charge in [-0.25, -0.2) is 9.37 Å². The monoisotopic (exact) mass is 403 g/mol. The number of aryl methyl sites for hydroxylation is 2. The predicted octanol–water partition coefficient (Wildman–Crippen LogP) is 4.11. The number of hydrogen-bond acceptors (Lipinski definition) is 3. The molecule has 1 heterocycles. The van der Waals surface area contributed by atoms with E-state index in [2.05, 4.69) is 37.5 Å². The molecule has 0 amide bonds. The van der Waals surface area contributed by atoms with Gasteiger partial charge in [0, 0.05) is 29.5 Å². The van der Waals surface area contributed by atoms with Crippen molar-refractivity contribution < 1.29 is 9.13 Å².